The van der Waals surface area contributed by atoms with Gasteiger partial charge in [0.2, 0.25) is 0 Å². The molecule has 2 unspecified atom stereocenters. The third kappa shape index (κ3) is 3.79. The first-order valence-corrected chi connectivity index (χ1v) is 7.65. The standard InChI is InChI=1S/C15H21BrFN/c1-2-7-18-14-5-3-11(9-14)8-12-10-13(16)4-6-15(12)17/h4,6,10-11,14,18H,2-3,5,7-9H2,1H3. The summed E-state index contributed by atoms with van der Waals surface area (Å²) >= 11 is 3.41. The summed E-state index contributed by atoms with van der Waals surface area (Å²) in [6.45, 7) is 3.29. The molecule has 1 aromatic carbocycles. The fourth-order valence-corrected chi connectivity index (χ4v) is 3.21. The van der Waals surface area contributed by atoms with Crippen LogP contribution in [0.1, 0.15) is 38.2 Å². The molecule has 0 aliphatic heterocycles. The molecule has 0 amide bonds. The van der Waals surface area contributed by atoms with Gasteiger partial charge in [-0.3, -0.25) is 0 Å². The SMILES string of the molecule is CCCNC1CCC(Cc2cc(Br)ccc2F)C1. The summed E-state index contributed by atoms with van der Waals surface area (Å²) in [5.74, 6) is 0.561. The second-order valence-corrected chi connectivity index (χ2v) is 6.19. The van der Waals surface area contributed by atoms with E-state index in [9.17, 15) is 4.39 Å². The summed E-state index contributed by atoms with van der Waals surface area (Å²) in [6, 6.07) is 5.88. The van der Waals surface area contributed by atoms with Crippen molar-refractivity contribution in [2.24, 2.45) is 5.92 Å². The number of nitrogens with one attached hydrogen (secondary N) is 1. The lowest BCUT2D eigenvalue weighted by Crippen LogP contribution is -2.27. The van der Waals surface area contributed by atoms with Gasteiger partial charge in [-0.25, -0.2) is 4.39 Å². The number of hydrogen-bond donors (Lipinski definition) is 1. The van der Waals surface area contributed by atoms with Gasteiger partial charge >= 0.3 is 0 Å². The van der Waals surface area contributed by atoms with Gasteiger partial charge < -0.3 is 5.32 Å². The molecule has 1 nitrogen and oxygen atoms in total. The van der Waals surface area contributed by atoms with E-state index in [4.69, 9.17) is 0 Å². The Morgan fingerprint density at radius 2 is 2.22 bits per heavy atom. The van der Waals surface area contributed by atoms with E-state index in [0.717, 1.165) is 23.0 Å². The van der Waals surface area contributed by atoms with Crippen LogP contribution in [0.5, 0.6) is 0 Å². The normalized spacial score (nSPS) is 23.5. The van der Waals surface area contributed by atoms with E-state index in [1.54, 1.807) is 12.1 Å². The van der Waals surface area contributed by atoms with Crippen molar-refractivity contribution in [3.8, 4) is 0 Å². The second kappa shape index (κ2) is 6.67. The zero-order chi connectivity index (χ0) is 13.0. The first-order chi connectivity index (χ1) is 8.69. The fraction of sp³-hybridized carbons (Fsp3) is 0.600. The molecule has 0 bridgehead atoms. The van der Waals surface area contributed by atoms with Crippen LogP contribution in [0.4, 0.5) is 4.39 Å². The minimum Gasteiger partial charge on any atom is -0.314 e. The number of rotatable bonds is 5. The van der Waals surface area contributed by atoms with Gasteiger partial charge in [0.15, 0.2) is 0 Å². The maximum absolute atomic E-state index is 13.7. The molecule has 0 radical (unpaired) electrons. The van der Waals surface area contributed by atoms with Crippen LogP contribution in [-0.4, -0.2) is 12.6 Å². The predicted molar refractivity (Wildman–Crippen MR) is 77.2 cm³/mol. The highest BCUT2D eigenvalue weighted by molar-refractivity contribution is 9.10. The van der Waals surface area contributed by atoms with Crippen LogP contribution < -0.4 is 5.32 Å². The molecular weight excluding hydrogens is 293 g/mol. The molecule has 2 atom stereocenters. The quantitative estimate of drug-likeness (QED) is 0.854. The number of benzene rings is 1. The third-order valence-electron chi connectivity index (χ3n) is 3.74. The average Bonchev–Trinajstić information content (AvgIpc) is 2.79. The van der Waals surface area contributed by atoms with Crippen molar-refractivity contribution in [1.29, 1.82) is 0 Å². The van der Waals surface area contributed by atoms with Crippen LogP contribution in [0.15, 0.2) is 22.7 Å². The zero-order valence-electron chi connectivity index (χ0n) is 10.9. The lowest BCUT2D eigenvalue weighted by atomic mass is 9.97. The highest BCUT2D eigenvalue weighted by Gasteiger charge is 2.24. The molecule has 2 rings (SSSR count). The maximum atomic E-state index is 13.7. The van der Waals surface area contributed by atoms with Crippen molar-refractivity contribution < 1.29 is 4.39 Å². The van der Waals surface area contributed by atoms with Crippen LogP contribution in [0.25, 0.3) is 0 Å². The second-order valence-electron chi connectivity index (χ2n) is 5.27. The molecule has 3 heteroatoms. The van der Waals surface area contributed by atoms with E-state index in [1.165, 1.54) is 25.7 Å². The van der Waals surface area contributed by atoms with Crippen molar-refractivity contribution in [2.45, 2.75) is 45.1 Å². The molecular formula is C15H21BrFN. The molecule has 0 spiro atoms. The Bertz CT molecular complexity index is 394. The molecule has 1 aliphatic rings. The van der Waals surface area contributed by atoms with Crippen LogP contribution in [-0.2, 0) is 6.42 Å². The van der Waals surface area contributed by atoms with Gasteiger partial charge in [-0.2, -0.15) is 0 Å². The average molecular weight is 314 g/mol. The van der Waals surface area contributed by atoms with Gasteiger partial charge in [0.25, 0.3) is 0 Å². The van der Waals surface area contributed by atoms with Gasteiger partial charge in [-0.15, -0.1) is 0 Å². The topological polar surface area (TPSA) is 12.0 Å². The first kappa shape index (κ1) is 14.0. The van der Waals surface area contributed by atoms with Gasteiger partial charge in [0, 0.05) is 10.5 Å². The minimum absolute atomic E-state index is 0.0665. The maximum Gasteiger partial charge on any atom is 0.126 e. The van der Waals surface area contributed by atoms with Crippen LogP contribution in [0, 0.1) is 11.7 Å². The van der Waals surface area contributed by atoms with Gasteiger partial charge in [0.05, 0.1) is 0 Å². The largest absolute Gasteiger partial charge is 0.314 e. The molecule has 0 aromatic heterocycles. The molecule has 0 heterocycles. The van der Waals surface area contributed by atoms with Gasteiger partial charge in [-0.1, -0.05) is 22.9 Å². The zero-order valence-corrected chi connectivity index (χ0v) is 12.5. The minimum atomic E-state index is -0.0665. The smallest absolute Gasteiger partial charge is 0.126 e. The number of halogens is 2. The van der Waals surface area contributed by atoms with Crippen LogP contribution in [0.3, 0.4) is 0 Å². The van der Waals surface area contributed by atoms with Crippen LogP contribution in [0.2, 0.25) is 0 Å². The van der Waals surface area contributed by atoms with Crippen molar-refractivity contribution in [2.75, 3.05) is 6.54 Å². The summed E-state index contributed by atoms with van der Waals surface area (Å²) in [6.07, 6.45) is 5.69. The van der Waals surface area contributed by atoms with Crippen LogP contribution >= 0.6 is 15.9 Å². The monoisotopic (exact) mass is 313 g/mol. The Balaban J connectivity index is 1.89. The van der Waals surface area contributed by atoms with E-state index in [0.29, 0.717) is 12.0 Å². The van der Waals surface area contributed by atoms with E-state index in [1.807, 2.05) is 6.07 Å². The highest BCUT2D eigenvalue weighted by atomic mass is 79.9. The summed E-state index contributed by atoms with van der Waals surface area (Å²) in [4.78, 5) is 0. The summed E-state index contributed by atoms with van der Waals surface area (Å²) in [5, 5.41) is 3.57. The predicted octanol–water partition coefficient (Wildman–Crippen LogP) is 4.30. The van der Waals surface area contributed by atoms with Crippen molar-refractivity contribution in [3.63, 3.8) is 0 Å². The van der Waals surface area contributed by atoms with Gasteiger partial charge in [0.1, 0.15) is 5.82 Å². The van der Waals surface area contributed by atoms with E-state index in [2.05, 4.69) is 28.2 Å². The summed E-state index contributed by atoms with van der Waals surface area (Å²) < 4.78 is 14.7. The number of hydrogen-bond acceptors (Lipinski definition) is 1. The van der Waals surface area contributed by atoms with Gasteiger partial charge in [-0.05, 0) is 68.3 Å². The van der Waals surface area contributed by atoms with E-state index >= 15 is 0 Å². The molecule has 1 aromatic rings. The molecule has 1 fully saturated rings. The highest BCUT2D eigenvalue weighted by Crippen LogP contribution is 2.30. The molecule has 18 heavy (non-hydrogen) atoms. The Kier molecular flexibility index (Phi) is 5.19. The molecule has 1 aliphatic carbocycles. The van der Waals surface area contributed by atoms with Crippen molar-refractivity contribution in [3.05, 3.63) is 34.1 Å². The molecule has 1 saturated carbocycles. The fourth-order valence-electron chi connectivity index (χ4n) is 2.80. The summed E-state index contributed by atoms with van der Waals surface area (Å²) in [5.41, 5.74) is 0.852. The third-order valence-corrected chi connectivity index (χ3v) is 4.23. The Hall–Kier alpha value is -0.410. The molecule has 100 valence electrons. The molecule has 1 N–H and O–H groups in total. The van der Waals surface area contributed by atoms with E-state index < -0.39 is 0 Å². The summed E-state index contributed by atoms with van der Waals surface area (Å²) in [7, 11) is 0. The lowest BCUT2D eigenvalue weighted by Gasteiger charge is -2.13. The van der Waals surface area contributed by atoms with E-state index in [-0.39, 0.29) is 5.82 Å². The van der Waals surface area contributed by atoms with Crippen molar-refractivity contribution in [1.82, 2.24) is 5.32 Å². The Labute approximate surface area is 117 Å². The molecule has 0 saturated heterocycles. The van der Waals surface area contributed by atoms with Crippen molar-refractivity contribution >= 4 is 15.9 Å². The lowest BCUT2D eigenvalue weighted by molar-refractivity contribution is 0.476. The first-order valence-electron chi connectivity index (χ1n) is 6.86. The Morgan fingerprint density at radius 1 is 1.39 bits per heavy atom. The Morgan fingerprint density at radius 3 is 3.00 bits per heavy atom.